The molecule has 2 unspecified atom stereocenters. The molecular formula is C13H23NO4S. The Morgan fingerprint density at radius 3 is 2.68 bits per heavy atom. The second-order valence-electron chi connectivity index (χ2n) is 4.64. The molecule has 110 valence electrons. The lowest BCUT2D eigenvalue weighted by Crippen LogP contribution is -2.47. The summed E-state index contributed by atoms with van der Waals surface area (Å²) in [7, 11) is 0. The van der Waals surface area contributed by atoms with Gasteiger partial charge in [0.05, 0.1) is 25.0 Å². The first-order valence-corrected chi connectivity index (χ1v) is 7.95. The maximum atomic E-state index is 12.1. The molecule has 0 spiro atoms. The van der Waals surface area contributed by atoms with Crippen molar-refractivity contribution in [3.8, 4) is 0 Å². The number of hydrogen-bond acceptors (Lipinski definition) is 4. The number of hydrogen-bond donors (Lipinski definition) is 1. The third-order valence-electron chi connectivity index (χ3n) is 3.30. The summed E-state index contributed by atoms with van der Waals surface area (Å²) in [6.45, 7) is 5.06. The molecular weight excluding hydrogens is 266 g/mol. The number of thioether (sulfide) groups is 1. The summed E-state index contributed by atoms with van der Waals surface area (Å²) >= 11 is 1.62. The summed E-state index contributed by atoms with van der Waals surface area (Å²) in [5.74, 6) is -0.0534. The van der Waals surface area contributed by atoms with E-state index >= 15 is 0 Å². The van der Waals surface area contributed by atoms with Gasteiger partial charge in [-0.25, -0.2) is 0 Å². The number of nitrogens with zero attached hydrogens (tertiary/aromatic N) is 1. The zero-order valence-electron chi connectivity index (χ0n) is 11.6. The smallest absolute Gasteiger partial charge is 0.311 e. The Labute approximate surface area is 118 Å². The van der Waals surface area contributed by atoms with Crippen molar-refractivity contribution in [2.45, 2.75) is 32.7 Å². The van der Waals surface area contributed by atoms with Crippen LogP contribution in [0.3, 0.4) is 0 Å². The fraction of sp³-hybridized carbons (Fsp3) is 0.846. The van der Waals surface area contributed by atoms with Crippen molar-refractivity contribution in [3.63, 3.8) is 0 Å². The fourth-order valence-electron chi connectivity index (χ4n) is 2.17. The number of ether oxygens (including phenoxy) is 1. The molecule has 1 amide bonds. The predicted octanol–water partition coefficient (Wildman–Crippen LogP) is 1.47. The van der Waals surface area contributed by atoms with Crippen LogP contribution in [0.15, 0.2) is 0 Å². The van der Waals surface area contributed by atoms with Crippen LogP contribution in [0.5, 0.6) is 0 Å². The van der Waals surface area contributed by atoms with Crippen molar-refractivity contribution in [3.05, 3.63) is 0 Å². The topological polar surface area (TPSA) is 66.8 Å². The van der Waals surface area contributed by atoms with Gasteiger partial charge in [-0.3, -0.25) is 9.59 Å². The van der Waals surface area contributed by atoms with E-state index in [0.29, 0.717) is 18.9 Å². The number of amides is 1. The molecule has 1 fully saturated rings. The summed E-state index contributed by atoms with van der Waals surface area (Å²) in [6, 6.07) is -0.318. The molecule has 1 aliphatic heterocycles. The first-order chi connectivity index (χ1) is 9.11. The Kier molecular flexibility index (Phi) is 7.23. The minimum absolute atomic E-state index is 0.0188. The van der Waals surface area contributed by atoms with Gasteiger partial charge in [-0.05, 0) is 19.1 Å². The molecule has 5 nitrogen and oxygen atoms in total. The number of carbonyl (C=O) groups excluding carboxylic acids is 1. The highest BCUT2D eigenvalue weighted by atomic mass is 32.2. The molecule has 0 bridgehead atoms. The van der Waals surface area contributed by atoms with E-state index in [0.717, 1.165) is 18.6 Å². The van der Waals surface area contributed by atoms with Crippen molar-refractivity contribution < 1.29 is 19.4 Å². The standard InChI is InChI=1S/C13H23NO4S/c1-3-5-6-19-9-12(15)14(4-2)11-8-18-7-10(11)13(16)17/h10-11H,3-9H2,1-2H3,(H,16,17). The summed E-state index contributed by atoms with van der Waals surface area (Å²) in [6.07, 6.45) is 2.23. The van der Waals surface area contributed by atoms with Crippen LogP contribution in [0.1, 0.15) is 26.7 Å². The van der Waals surface area contributed by atoms with Crippen LogP contribution in [0.4, 0.5) is 0 Å². The van der Waals surface area contributed by atoms with Gasteiger partial charge in [0.2, 0.25) is 5.91 Å². The molecule has 1 saturated heterocycles. The van der Waals surface area contributed by atoms with E-state index in [-0.39, 0.29) is 18.6 Å². The van der Waals surface area contributed by atoms with E-state index in [2.05, 4.69) is 6.92 Å². The first-order valence-electron chi connectivity index (χ1n) is 6.79. The van der Waals surface area contributed by atoms with Crippen molar-refractivity contribution in [2.24, 2.45) is 5.92 Å². The lowest BCUT2D eigenvalue weighted by molar-refractivity contribution is -0.144. The molecule has 0 aliphatic carbocycles. The molecule has 1 aliphatic rings. The van der Waals surface area contributed by atoms with Gasteiger partial charge >= 0.3 is 5.97 Å². The van der Waals surface area contributed by atoms with Gasteiger partial charge in [-0.1, -0.05) is 13.3 Å². The normalized spacial score (nSPS) is 22.4. The van der Waals surface area contributed by atoms with Crippen LogP contribution >= 0.6 is 11.8 Å². The van der Waals surface area contributed by atoms with Crippen LogP contribution in [-0.2, 0) is 14.3 Å². The largest absolute Gasteiger partial charge is 0.481 e. The number of aliphatic carboxylic acids is 1. The Bertz CT molecular complexity index is 311. The van der Waals surface area contributed by atoms with Gasteiger partial charge in [-0.2, -0.15) is 11.8 Å². The van der Waals surface area contributed by atoms with Crippen LogP contribution in [0.25, 0.3) is 0 Å². The summed E-state index contributed by atoms with van der Waals surface area (Å²) in [4.78, 5) is 24.9. The SMILES string of the molecule is CCCCSCC(=O)N(CC)C1COCC1C(=O)O. The minimum Gasteiger partial charge on any atom is -0.481 e. The van der Waals surface area contributed by atoms with Crippen molar-refractivity contribution in [1.82, 2.24) is 4.90 Å². The maximum Gasteiger partial charge on any atom is 0.311 e. The molecule has 1 N–H and O–H groups in total. The minimum atomic E-state index is -0.882. The zero-order chi connectivity index (χ0) is 14.3. The van der Waals surface area contributed by atoms with Crippen LogP contribution in [-0.4, -0.2) is 59.2 Å². The van der Waals surface area contributed by atoms with E-state index in [4.69, 9.17) is 9.84 Å². The Balaban J connectivity index is 2.51. The van der Waals surface area contributed by atoms with Crippen LogP contribution in [0.2, 0.25) is 0 Å². The summed E-state index contributed by atoms with van der Waals surface area (Å²) in [5.41, 5.74) is 0. The molecule has 0 radical (unpaired) electrons. The quantitative estimate of drug-likeness (QED) is 0.685. The van der Waals surface area contributed by atoms with Gasteiger partial charge in [0.15, 0.2) is 0 Å². The predicted molar refractivity (Wildman–Crippen MR) is 75.4 cm³/mol. The molecule has 0 aromatic carbocycles. The highest BCUT2D eigenvalue weighted by Gasteiger charge is 2.39. The number of carboxylic acids is 1. The van der Waals surface area contributed by atoms with Crippen LogP contribution in [0, 0.1) is 5.92 Å². The van der Waals surface area contributed by atoms with E-state index in [1.807, 2.05) is 6.92 Å². The van der Waals surface area contributed by atoms with Gasteiger partial charge < -0.3 is 14.7 Å². The van der Waals surface area contributed by atoms with Crippen molar-refractivity contribution in [1.29, 1.82) is 0 Å². The van der Waals surface area contributed by atoms with Gasteiger partial charge in [0.1, 0.15) is 5.92 Å². The lowest BCUT2D eigenvalue weighted by atomic mass is 10.0. The Morgan fingerprint density at radius 1 is 1.37 bits per heavy atom. The number of likely N-dealkylation sites (N-methyl/N-ethyl adjacent to an activating group) is 1. The molecule has 1 heterocycles. The zero-order valence-corrected chi connectivity index (χ0v) is 12.4. The van der Waals surface area contributed by atoms with Crippen LogP contribution < -0.4 is 0 Å². The Morgan fingerprint density at radius 2 is 2.11 bits per heavy atom. The monoisotopic (exact) mass is 289 g/mol. The molecule has 6 heteroatoms. The molecule has 19 heavy (non-hydrogen) atoms. The molecule has 0 aromatic rings. The molecule has 0 aromatic heterocycles. The third kappa shape index (κ3) is 4.69. The summed E-state index contributed by atoms with van der Waals surface area (Å²) < 4.78 is 5.23. The fourth-order valence-corrected chi connectivity index (χ4v) is 3.15. The average molecular weight is 289 g/mol. The summed E-state index contributed by atoms with van der Waals surface area (Å²) in [5, 5.41) is 9.13. The molecule has 0 saturated carbocycles. The lowest BCUT2D eigenvalue weighted by Gasteiger charge is -2.29. The first kappa shape index (κ1) is 16.3. The second-order valence-corrected chi connectivity index (χ2v) is 5.74. The van der Waals surface area contributed by atoms with Gasteiger partial charge in [-0.15, -0.1) is 0 Å². The van der Waals surface area contributed by atoms with Crippen molar-refractivity contribution >= 4 is 23.6 Å². The van der Waals surface area contributed by atoms with E-state index in [9.17, 15) is 9.59 Å². The molecule has 1 rings (SSSR count). The number of rotatable bonds is 8. The van der Waals surface area contributed by atoms with E-state index in [1.54, 1.807) is 16.7 Å². The van der Waals surface area contributed by atoms with E-state index in [1.165, 1.54) is 0 Å². The average Bonchev–Trinajstić information content (AvgIpc) is 2.85. The Hall–Kier alpha value is -0.750. The van der Waals surface area contributed by atoms with Gasteiger partial charge in [0.25, 0.3) is 0 Å². The van der Waals surface area contributed by atoms with Gasteiger partial charge in [0, 0.05) is 6.54 Å². The van der Waals surface area contributed by atoms with E-state index < -0.39 is 11.9 Å². The third-order valence-corrected chi connectivity index (χ3v) is 4.33. The highest BCUT2D eigenvalue weighted by molar-refractivity contribution is 7.99. The second kappa shape index (κ2) is 8.43. The number of carbonyl (C=O) groups is 2. The highest BCUT2D eigenvalue weighted by Crippen LogP contribution is 2.21. The number of unbranched alkanes of at least 4 members (excludes halogenated alkanes) is 1. The number of carboxylic acid groups (broad SMARTS) is 1. The molecule has 2 atom stereocenters. The van der Waals surface area contributed by atoms with Crippen molar-refractivity contribution in [2.75, 3.05) is 31.3 Å². The maximum absolute atomic E-state index is 12.1.